The molecule has 2 heterocycles. The van der Waals surface area contributed by atoms with Crippen molar-refractivity contribution < 1.29 is 0 Å². The van der Waals surface area contributed by atoms with Gasteiger partial charge in [0.15, 0.2) is 5.82 Å². The molecule has 0 unspecified atom stereocenters. The fourth-order valence-electron chi connectivity index (χ4n) is 2.34. The zero-order valence-corrected chi connectivity index (χ0v) is 11.6. The number of aromatic nitrogens is 3. The smallest absolute Gasteiger partial charge is 0.227 e. The van der Waals surface area contributed by atoms with Crippen LogP contribution < -0.4 is 10.2 Å². The van der Waals surface area contributed by atoms with Crippen molar-refractivity contribution in [1.29, 1.82) is 0 Å². The average molecular weight is 278 g/mol. The van der Waals surface area contributed by atoms with Gasteiger partial charge in [-0.3, -0.25) is 4.57 Å². The molecule has 0 bridgehead atoms. The van der Waals surface area contributed by atoms with E-state index in [2.05, 4.69) is 20.4 Å². The number of halogens is 1. The number of nitrogens with one attached hydrogen (secondary N) is 1. The molecule has 1 fully saturated rings. The second-order valence-electron chi connectivity index (χ2n) is 4.63. The lowest BCUT2D eigenvalue weighted by Crippen LogP contribution is -2.44. The normalized spacial score (nSPS) is 15.8. The van der Waals surface area contributed by atoms with Crippen LogP contribution in [0.15, 0.2) is 24.3 Å². The van der Waals surface area contributed by atoms with Gasteiger partial charge in [0.25, 0.3) is 0 Å². The van der Waals surface area contributed by atoms with Crippen molar-refractivity contribution >= 4 is 17.5 Å². The van der Waals surface area contributed by atoms with E-state index in [1.165, 1.54) is 0 Å². The van der Waals surface area contributed by atoms with Gasteiger partial charge in [0.2, 0.25) is 5.95 Å². The molecule has 0 atom stereocenters. The maximum absolute atomic E-state index is 6.03. The van der Waals surface area contributed by atoms with E-state index < -0.39 is 0 Å². The second kappa shape index (κ2) is 5.19. The van der Waals surface area contributed by atoms with Crippen molar-refractivity contribution in [3.63, 3.8) is 0 Å². The molecular formula is C13H16ClN5. The van der Waals surface area contributed by atoms with Gasteiger partial charge in [-0.05, 0) is 12.1 Å². The molecule has 0 radical (unpaired) electrons. The molecule has 1 aliphatic heterocycles. The summed E-state index contributed by atoms with van der Waals surface area (Å²) in [7, 11) is 1.99. The number of nitrogens with zero attached hydrogens (tertiary/aromatic N) is 4. The number of piperazine rings is 1. The average Bonchev–Trinajstić information content (AvgIpc) is 2.81. The molecule has 0 spiro atoms. The Bertz CT molecular complexity index is 574. The lowest BCUT2D eigenvalue weighted by molar-refractivity contribution is 0.573. The number of hydrogen-bond donors (Lipinski definition) is 1. The van der Waals surface area contributed by atoms with Crippen molar-refractivity contribution in [2.75, 3.05) is 31.1 Å². The summed E-state index contributed by atoms with van der Waals surface area (Å²) in [5.41, 5.74) is 0.990. The van der Waals surface area contributed by atoms with Gasteiger partial charge in [-0.1, -0.05) is 23.7 Å². The summed E-state index contributed by atoms with van der Waals surface area (Å²) >= 11 is 6.03. The Balaban J connectivity index is 1.94. The van der Waals surface area contributed by atoms with Crippen molar-refractivity contribution in [2.45, 2.75) is 0 Å². The van der Waals surface area contributed by atoms with Gasteiger partial charge < -0.3 is 10.2 Å². The van der Waals surface area contributed by atoms with Gasteiger partial charge in [-0.25, -0.2) is 0 Å². The summed E-state index contributed by atoms with van der Waals surface area (Å²) in [6.07, 6.45) is 0. The SMILES string of the molecule is Cn1c(-c2cccc(Cl)c2)nnc1N1CCNCC1. The molecule has 1 aliphatic rings. The molecule has 6 heteroatoms. The quantitative estimate of drug-likeness (QED) is 0.905. The molecule has 5 nitrogen and oxygen atoms in total. The highest BCUT2D eigenvalue weighted by molar-refractivity contribution is 6.30. The van der Waals surface area contributed by atoms with Crippen LogP contribution in [-0.4, -0.2) is 40.9 Å². The Labute approximate surface area is 117 Å². The number of hydrogen-bond acceptors (Lipinski definition) is 4. The number of anilines is 1. The van der Waals surface area contributed by atoms with E-state index in [1.807, 2.05) is 35.9 Å². The molecule has 1 aromatic heterocycles. The third-order valence-electron chi connectivity index (χ3n) is 3.33. The molecule has 1 N–H and O–H groups in total. The van der Waals surface area contributed by atoms with Crippen molar-refractivity contribution in [2.24, 2.45) is 7.05 Å². The summed E-state index contributed by atoms with van der Waals surface area (Å²) in [4.78, 5) is 2.25. The Morgan fingerprint density at radius 3 is 2.74 bits per heavy atom. The Morgan fingerprint density at radius 2 is 2.00 bits per heavy atom. The van der Waals surface area contributed by atoms with Crippen LogP contribution in [0.4, 0.5) is 5.95 Å². The third kappa shape index (κ3) is 2.43. The molecule has 0 amide bonds. The lowest BCUT2D eigenvalue weighted by Gasteiger charge is -2.27. The molecule has 2 aromatic rings. The number of benzene rings is 1. The summed E-state index contributed by atoms with van der Waals surface area (Å²) in [6.45, 7) is 3.89. The first-order valence-electron chi connectivity index (χ1n) is 6.37. The van der Waals surface area contributed by atoms with Crippen LogP contribution >= 0.6 is 11.6 Å². The van der Waals surface area contributed by atoms with E-state index in [-0.39, 0.29) is 0 Å². The van der Waals surface area contributed by atoms with Crippen LogP contribution in [-0.2, 0) is 7.05 Å². The summed E-state index contributed by atoms with van der Waals surface area (Å²) in [6, 6.07) is 7.69. The van der Waals surface area contributed by atoms with Crippen LogP contribution in [0, 0.1) is 0 Å². The van der Waals surface area contributed by atoms with E-state index in [4.69, 9.17) is 11.6 Å². The Kier molecular flexibility index (Phi) is 3.40. The summed E-state index contributed by atoms with van der Waals surface area (Å²) < 4.78 is 2.02. The minimum atomic E-state index is 0.712. The van der Waals surface area contributed by atoms with E-state index >= 15 is 0 Å². The summed E-state index contributed by atoms with van der Waals surface area (Å²) in [5.74, 6) is 1.76. The van der Waals surface area contributed by atoms with Gasteiger partial charge in [-0.15, -0.1) is 10.2 Å². The largest absolute Gasteiger partial charge is 0.338 e. The first-order chi connectivity index (χ1) is 9.25. The highest BCUT2D eigenvalue weighted by Gasteiger charge is 2.18. The van der Waals surface area contributed by atoms with Crippen LogP contribution in [0.5, 0.6) is 0 Å². The van der Waals surface area contributed by atoms with Crippen LogP contribution in [0.1, 0.15) is 0 Å². The predicted octanol–water partition coefficient (Wildman–Crippen LogP) is 1.55. The van der Waals surface area contributed by atoms with E-state index in [1.54, 1.807) is 0 Å². The molecule has 1 saturated heterocycles. The summed E-state index contributed by atoms with van der Waals surface area (Å²) in [5, 5.41) is 12.7. The Hall–Kier alpha value is -1.59. The zero-order valence-electron chi connectivity index (χ0n) is 10.8. The van der Waals surface area contributed by atoms with Crippen LogP contribution in [0.25, 0.3) is 11.4 Å². The maximum atomic E-state index is 6.03. The first kappa shape index (κ1) is 12.4. The number of rotatable bonds is 2. The monoisotopic (exact) mass is 277 g/mol. The fourth-order valence-corrected chi connectivity index (χ4v) is 2.53. The van der Waals surface area contributed by atoms with Crippen molar-refractivity contribution in [1.82, 2.24) is 20.1 Å². The molecular weight excluding hydrogens is 262 g/mol. The van der Waals surface area contributed by atoms with E-state index in [9.17, 15) is 0 Å². The van der Waals surface area contributed by atoms with Crippen molar-refractivity contribution in [3.05, 3.63) is 29.3 Å². The maximum Gasteiger partial charge on any atom is 0.227 e. The van der Waals surface area contributed by atoms with Crippen molar-refractivity contribution in [3.8, 4) is 11.4 Å². The first-order valence-corrected chi connectivity index (χ1v) is 6.74. The Morgan fingerprint density at radius 1 is 1.21 bits per heavy atom. The van der Waals surface area contributed by atoms with Crippen LogP contribution in [0.2, 0.25) is 5.02 Å². The van der Waals surface area contributed by atoms with Gasteiger partial charge >= 0.3 is 0 Å². The van der Waals surface area contributed by atoms with Gasteiger partial charge in [-0.2, -0.15) is 0 Å². The molecule has 3 rings (SSSR count). The zero-order chi connectivity index (χ0) is 13.2. The van der Waals surface area contributed by atoms with Crippen LogP contribution in [0.3, 0.4) is 0 Å². The lowest BCUT2D eigenvalue weighted by atomic mass is 10.2. The van der Waals surface area contributed by atoms with Gasteiger partial charge in [0, 0.05) is 43.8 Å². The molecule has 0 aliphatic carbocycles. The molecule has 100 valence electrons. The minimum Gasteiger partial charge on any atom is -0.338 e. The van der Waals surface area contributed by atoms with Gasteiger partial charge in [0.1, 0.15) is 0 Å². The molecule has 0 saturated carbocycles. The molecule has 19 heavy (non-hydrogen) atoms. The highest BCUT2D eigenvalue weighted by atomic mass is 35.5. The second-order valence-corrected chi connectivity index (χ2v) is 5.07. The molecule has 1 aromatic carbocycles. The van der Waals surface area contributed by atoms with E-state index in [0.29, 0.717) is 5.02 Å². The fraction of sp³-hybridized carbons (Fsp3) is 0.385. The minimum absolute atomic E-state index is 0.712. The van der Waals surface area contributed by atoms with Gasteiger partial charge in [0.05, 0.1) is 0 Å². The third-order valence-corrected chi connectivity index (χ3v) is 3.57. The standard InChI is InChI=1S/C13H16ClN5/c1-18-12(10-3-2-4-11(14)9-10)16-17-13(18)19-7-5-15-6-8-19/h2-4,9,15H,5-8H2,1H3. The van der Waals surface area contributed by atoms with E-state index in [0.717, 1.165) is 43.5 Å². The topological polar surface area (TPSA) is 46.0 Å². The highest BCUT2D eigenvalue weighted by Crippen LogP contribution is 2.23. The predicted molar refractivity (Wildman–Crippen MR) is 76.5 cm³/mol.